The van der Waals surface area contributed by atoms with Gasteiger partial charge in [0.05, 0.1) is 18.1 Å². The van der Waals surface area contributed by atoms with Crippen LogP contribution in [0.5, 0.6) is 11.6 Å². The molecule has 2 aromatic heterocycles. The third kappa shape index (κ3) is 2.43. The maximum atomic E-state index is 5.51. The Morgan fingerprint density at radius 2 is 1.93 bits per heavy atom. The van der Waals surface area contributed by atoms with Crippen molar-refractivity contribution >= 4 is 5.69 Å². The lowest BCUT2D eigenvalue weighted by Crippen LogP contribution is -1.91. The van der Waals surface area contributed by atoms with Crippen molar-refractivity contribution in [2.75, 3.05) is 5.73 Å². The number of rotatable bonds is 2. The molecule has 0 saturated heterocycles. The largest absolute Gasteiger partial charge is 0.437 e. The van der Waals surface area contributed by atoms with Gasteiger partial charge in [-0.2, -0.15) is 0 Å². The summed E-state index contributed by atoms with van der Waals surface area (Å²) in [6, 6.07) is 7.19. The van der Waals surface area contributed by atoms with E-state index in [0.29, 0.717) is 17.3 Å². The Hall–Kier alpha value is -2.10. The van der Waals surface area contributed by atoms with E-state index in [1.807, 2.05) is 19.1 Å². The van der Waals surface area contributed by atoms with Crippen LogP contribution in [0, 0.1) is 6.92 Å². The predicted molar refractivity (Wildman–Crippen MR) is 57.7 cm³/mol. The summed E-state index contributed by atoms with van der Waals surface area (Å²) in [5.74, 6) is 1.17. The van der Waals surface area contributed by atoms with Gasteiger partial charge in [-0.3, -0.25) is 4.98 Å². The van der Waals surface area contributed by atoms with Crippen molar-refractivity contribution < 1.29 is 4.74 Å². The van der Waals surface area contributed by atoms with E-state index in [9.17, 15) is 0 Å². The maximum Gasteiger partial charge on any atom is 0.219 e. The van der Waals surface area contributed by atoms with Gasteiger partial charge in [0.25, 0.3) is 0 Å². The SMILES string of the molecule is Cc1ccc(Oc2ccc(N)cn2)cn1. The Morgan fingerprint density at radius 1 is 1.07 bits per heavy atom. The summed E-state index contributed by atoms with van der Waals surface area (Å²) >= 11 is 0. The summed E-state index contributed by atoms with van der Waals surface area (Å²) < 4.78 is 5.46. The normalized spacial score (nSPS) is 9.93. The summed E-state index contributed by atoms with van der Waals surface area (Å²) in [7, 11) is 0. The third-order valence-electron chi connectivity index (χ3n) is 1.87. The monoisotopic (exact) mass is 201 g/mol. The first-order valence-corrected chi connectivity index (χ1v) is 4.56. The summed E-state index contributed by atoms with van der Waals surface area (Å²) in [5.41, 5.74) is 7.08. The molecule has 4 heteroatoms. The molecule has 0 unspecified atom stereocenters. The number of pyridine rings is 2. The molecule has 0 aliphatic carbocycles. The topological polar surface area (TPSA) is 61.0 Å². The third-order valence-corrected chi connectivity index (χ3v) is 1.87. The molecule has 2 heterocycles. The zero-order valence-corrected chi connectivity index (χ0v) is 8.34. The van der Waals surface area contributed by atoms with Crippen LogP contribution < -0.4 is 10.5 Å². The molecule has 0 atom stereocenters. The van der Waals surface area contributed by atoms with Crippen LogP contribution in [0.3, 0.4) is 0 Å². The van der Waals surface area contributed by atoms with Crippen molar-refractivity contribution in [1.82, 2.24) is 9.97 Å². The average molecular weight is 201 g/mol. The number of nitrogens with zero attached hydrogens (tertiary/aromatic N) is 2. The standard InChI is InChI=1S/C11H11N3O/c1-8-2-4-10(7-13-8)15-11-5-3-9(12)6-14-11/h2-7H,12H2,1H3. The Bertz CT molecular complexity index is 393. The number of aryl methyl sites for hydroxylation is 1. The Labute approximate surface area is 87.7 Å². The van der Waals surface area contributed by atoms with Crippen LogP contribution in [0.15, 0.2) is 36.7 Å². The van der Waals surface area contributed by atoms with E-state index in [4.69, 9.17) is 10.5 Å². The number of hydrogen-bond acceptors (Lipinski definition) is 4. The highest BCUT2D eigenvalue weighted by Gasteiger charge is 1.98. The molecule has 2 rings (SSSR count). The van der Waals surface area contributed by atoms with Crippen LogP contribution >= 0.6 is 0 Å². The van der Waals surface area contributed by atoms with E-state index in [2.05, 4.69) is 9.97 Å². The fraction of sp³-hybridized carbons (Fsp3) is 0.0909. The molecular weight excluding hydrogens is 190 g/mol. The molecule has 0 fully saturated rings. The summed E-state index contributed by atoms with van der Waals surface area (Å²) in [5, 5.41) is 0. The maximum absolute atomic E-state index is 5.51. The molecule has 0 amide bonds. The number of nitrogen functional groups attached to an aromatic ring is 1. The second-order valence-electron chi connectivity index (χ2n) is 3.17. The van der Waals surface area contributed by atoms with E-state index in [-0.39, 0.29) is 0 Å². The minimum Gasteiger partial charge on any atom is -0.437 e. The van der Waals surface area contributed by atoms with Crippen molar-refractivity contribution in [1.29, 1.82) is 0 Å². The molecule has 76 valence electrons. The Balaban J connectivity index is 2.15. The fourth-order valence-electron chi connectivity index (χ4n) is 1.09. The first kappa shape index (κ1) is 9.45. The second-order valence-corrected chi connectivity index (χ2v) is 3.17. The molecule has 0 spiro atoms. The summed E-state index contributed by atoms with van der Waals surface area (Å²) in [6.45, 7) is 1.92. The Kier molecular flexibility index (Phi) is 2.49. The van der Waals surface area contributed by atoms with Crippen molar-refractivity contribution in [3.05, 3.63) is 42.4 Å². The van der Waals surface area contributed by atoms with Crippen LogP contribution in [0.1, 0.15) is 5.69 Å². The minimum absolute atomic E-state index is 0.509. The van der Waals surface area contributed by atoms with Crippen molar-refractivity contribution in [2.24, 2.45) is 0 Å². The van der Waals surface area contributed by atoms with Crippen molar-refractivity contribution in [3.63, 3.8) is 0 Å². The van der Waals surface area contributed by atoms with Gasteiger partial charge in [-0.1, -0.05) is 0 Å². The summed E-state index contributed by atoms with van der Waals surface area (Å²) in [4.78, 5) is 8.14. The zero-order chi connectivity index (χ0) is 10.7. The number of ether oxygens (including phenoxy) is 1. The lowest BCUT2D eigenvalue weighted by Gasteiger charge is -2.03. The highest BCUT2D eigenvalue weighted by Crippen LogP contribution is 2.18. The minimum atomic E-state index is 0.509. The van der Waals surface area contributed by atoms with Crippen LogP contribution in [0.2, 0.25) is 0 Å². The number of aromatic nitrogens is 2. The van der Waals surface area contributed by atoms with Crippen LogP contribution in [0.25, 0.3) is 0 Å². The number of anilines is 1. The highest BCUT2D eigenvalue weighted by atomic mass is 16.5. The van der Waals surface area contributed by atoms with Crippen LogP contribution in [-0.4, -0.2) is 9.97 Å². The predicted octanol–water partition coefficient (Wildman–Crippen LogP) is 2.16. The molecule has 0 bridgehead atoms. The van der Waals surface area contributed by atoms with Crippen molar-refractivity contribution in [2.45, 2.75) is 6.92 Å². The number of hydrogen-bond donors (Lipinski definition) is 1. The van der Waals surface area contributed by atoms with Crippen LogP contribution in [0.4, 0.5) is 5.69 Å². The lowest BCUT2D eigenvalue weighted by atomic mass is 10.4. The van der Waals surface area contributed by atoms with Gasteiger partial charge < -0.3 is 10.5 Å². The molecule has 0 aliphatic rings. The van der Waals surface area contributed by atoms with E-state index in [0.717, 1.165) is 5.69 Å². The van der Waals surface area contributed by atoms with Gasteiger partial charge >= 0.3 is 0 Å². The quantitative estimate of drug-likeness (QED) is 0.808. The molecule has 15 heavy (non-hydrogen) atoms. The lowest BCUT2D eigenvalue weighted by molar-refractivity contribution is 0.460. The van der Waals surface area contributed by atoms with Gasteiger partial charge in [-0.15, -0.1) is 0 Å². The first-order valence-electron chi connectivity index (χ1n) is 4.56. The van der Waals surface area contributed by atoms with Gasteiger partial charge in [0.2, 0.25) is 5.88 Å². The van der Waals surface area contributed by atoms with Gasteiger partial charge in [-0.05, 0) is 25.1 Å². The number of nitrogens with two attached hydrogens (primary N) is 1. The van der Waals surface area contributed by atoms with Crippen molar-refractivity contribution in [3.8, 4) is 11.6 Å². The Morgan fingerprint density at radius 3 is 2.53 bits per heavy atom. The molecule has 0 saturated carbocycles. The molecule has 0 aromatic carbocycles. The second kappa shape index (κ2) is 3.96. The average Bonchev–Trinajstić information content (AvgIpc) is 2.25. The van der Waals surface area contributed by atoms with Gasteiger partial charge in [0, 0.05) is 11.8 Å². The molecule has 0 radical (unpaired) electrons. The van der Waals surface area contributed by atoms with E-state index in [1.165, 1.54) is 0 Å². The first-order chi connectivity index (χ1) is 7.24. The molecule has 2 N–H and O–H groups in total. The highest BCUT2D eigenvalue weighted by molar-refractivity contribution is 5.37. The molecule has 4 nitrogen and oxygen atoms in total. The molecule has 2 aromatic rings. The van der Waals surface area contributed by atoms with Gasteiger partial charge in [0.1, 0.15) is 5.75 Å². The van der Waals surface area contributed by atoms with Gasteiger partial charge in [0.15, 0.2) is 0 Å². The van der Waals surface area contributed by atoms with E-state index >= 15 is 0 Å². The molecular formula is C11H11N3O. The fourth-order valence-corrected chi connectivity index (χ4v) is 1.09. The molecule has 0 aliphatic heterocycles. The summed E-state index contributed by atoms with van der Waals surface area (Å²) in [6.07, 6.45) is 3.21. The van der Waals surface area contributed by atoms with Crippen LogP contribution in [-0.2, 0) is 0 Å². The smallest absolute Gasteiger partial charge is 0.219 e. The van der Waals surface area contributed by atoms with E-state index < -0.39 is 0 Å². The zero-order valence-electron chi connectivity index (χ0n) is 8.34. The van der Waals surface area contributed by atoms with Gasteiger partial charge in [-0.25, -0.2) is 4.98 Å². The van der Waals surface area contributed by atoms with E-state index in [1.54, 1.807) is 24.5 Å².